The second-order valence-electron chi connectivity index (χ2n) is 4.27. The third-order valence-electron chi connectivity index (χ3n) is 3.04. The maximum absolute atomic E-state index is 8.54. The first-order valence-corrected chi connectivity index (χ1v) is 6.52. The lowest BCUT2D eigenvalue weighted by atomic mass is 9.96. The van der Waals surface area contributed by atoms with Crippen molar-refractivity contribution in [1.29, 1.82) is 0 Å². The van der Waals surface area contributed by atoms with Gasteiger partial charge in [0.05, 0.1) is 6.61 Å². The highest BCUT2D eigenvalue weighted by atomic mass is 16.3. The highest BCUT2D eigenvalue weighted by Crippen LogP contribution is 2.16. The van der Waals surface area contributed by atoms with Crippen LogP contribution in [0.25, 0.3) is 0 Å². The summed E-state index contributed by atoms with van der Waals surface area (Å²) in [6, 6.07) is 10.4. The van der Waals surface area contributed by atoms with E-state index in [1.807, 2.05) is 30.3 Å². The van der Waals surface area contributed by atoms with Crippen LogP contribution in [0.5, 0.6) is 0 Å². The summed E-state index contributed by atoms with van der Waals surface area (Å²) in [6.45, 7) is 0.140. The van der Waals surface area contributed by atoms with Gasteiger partial charge in [0.25, 0.3) is 0 Å². The summed E-state index contributed by atoms with van der Waals surface area (Å²) < 4.78 is 0. The molecule has 0 spiro atoms. The molecular formula is C16H25NO. The molecule has 18 heavy (non-hydrogen) atoms. The van der Waals surface area contributed by atoms with Gasteiger partial charge in [-0.25, -0.2) is 0 Å². The molecule has 0 bridgehead atoms. The van der Waals surface area contributed by atoms with Crippen LogP contribution >= 0.6 is 0 Å². The van der Waals surface area contributed by atoms with Gasteiger partial charge in [-0.05, 0) is 25.5 Å². The van der Waals surface area contributed by atoms with Gasteiger partial charge in [-0.2, -0.15) is 0 Å². The molecule has 0 saturated heterocycles. The van der Waals surface area contributed by atoms with Crippen molar-refractivity contribution in [3.63, 3.8) is 0 Å². The van der Waals surface area contributed by atoms with E-state index >= 15 is 0 Å². The van der Waals surface area contributed by atoms with Gasteiger partial charge >= 0.3 is 0 Å². The summed E-state index contributed by atoms with van der Waals surface area (Å²) in [7, 11) is 2.07. The number of rotatable bonds is 2. The Kier molecular flexibility index (Phi) is 11.3. The average Bonchev–Trinajstić information content (AvgIpc) is 2.51. The zero-order valence-electron chi connectivity index (χ0n) is 11.3. The van der Waals surface area contributed by atoms with E-state index in [1.165, 1.54) is 32.1 Å². The first kappa shape index (κ1) is 16.7. The molecule has 2 N–H and O–H groups in total. The summed E-state index contributed by atoms with van der Waals surface area (Å²) in [4.78, 5) is 0. The van der Waals surface area contributed by atoms with Crippen LogP contribution in [0, 0.1) is 12.8 Å². The van der Waals surface area contributed by atoms with Crippen LogP contribution < -0.4 is 5.32 Å². The van der Waals surface area contributed by atoms with E-state index in [9.17, 15) is 0 Å². The molecule has 0 atom stereocenters. The molecule has 1 aliphatic carbocycles. The molecule has 1 aromatic rings. The summed E-state index contributed by atoms with van der Waals surface area (Å²) in [5.74, 6) is 0. The fourth-order valence-corrected chi connectivity index (χ4v) is 1.97. The third kappa shape index (κ3) is 7.89. The van der Waals surface area contributed by atoms with Crippen molar-refractivity contribution in [2.24, 2.45) is 0 Å². The molecule has 100 valence electrons. The zero-order valence-corrected chi connectivity index (χ0v) is 11.3. The Morgan fingerprint density at radius 1 is 1.11 bits per heavy atom. The number of hydrogen-bond donors (Lipinski definition) is 2. The van der Waals surface area contributed by atoms with Crippen LogP contribution in [0.3, 0.4) is 0 Å². The Balaban J connectivity index is 0.000000283. The minimum Gasteiger partial charge on any atom is -0.392 e. The molecule has 1 saturated carbocycles. The van der Waals surface area contributed by atoms with E-state index in [0.717, 1.165) is 11.6 Å². The van der Waals surface area contributed by atoms with Crippen molar-refractivity contribution >= 4 is 0 Å². The Morgan fingerprint density at radius 2 is 1.67 bits per heavy atom. The highest BCUT2D eigenvalue weighted by Gasteiger charge is 2.09. The van der Waals surface area contributed by atoms with Crippen molar-refractivity contribution in [1.82, 2.24) is 5.32 Å². The van der Waals surface area contributed by atoms with Crippen LogP contribution in [0.4, 0.5) is 0 Å². The number of terminal acetylenes is 1. The molecule has 0 aliphatic heterocycles. The first-order chi connectivity index (χ1) is 8.86. The van der Waals surface area contributed by atoms with Crippen molar-refractivity contribution in [3.8, 4) is 12.8 Å². The van der Waals surface area contributed by atoms with Gasteiger partial charge in [0.2, 0.25) is 0 Å². The molecule has 0 unspecified atom stereocenters. The van der Waals surface area contributed by atoms with Gasteiger partial charge in [0, 0.05) is 6.04 Å². The predicted molar refractivity (Wildman–Crippen MR) is 78.2 cm³/mol. The molecule has 2 nitrogen and oxygen atoms in total. The second kappa shape index (κ2) is 12.2. The quantitative estimate of drug-likeness (QED) is 0.788. The second-order valence-corrected chi connectivity index (χ2v) is 4.27. The monoisotopic (exact) mass is 247 g/mol. The molecule has 1 aliphatic rings. The largest absolute Gasteiger partial charge is 0.392 e. The molecule has 2 rings (SSSR count). The van der Waals surface area contributed by atoms with Crippen molar-refractivity contribution in [3.05, 3.63) is 35.9 Å². The summed E-state index contributed by atoms with van der Waals surface area (Å²) >= 11 is 0. The number of benzene rings is 1. The minimum atomic E-state index is 0.140. The predicted octanol–water partition coefficient (Wildman–Crippen LogP) is 2.97. The van der Waals surface area contributed by atoms with E-state index in [2.05, 4.69) is 25.2 Å². The smallest absolute Gasteiger partial charge is 0.0681 e. The number of aliphatic hydroxyl groups is 1. The summed E-state index contributed by atoms with van der Waals surface area (Å²) in [5, 5.41) is 11.8. The highest BCUT2D eigenvalue weighted by molar-refractivity contribution is 5.12. The Labute approximate surface area is 111 Å². The molecule has 0 radical (unpaired) electrons. The standard InChI is InChI=1S/C7H15N.C7H8O.C2H2/c1-8-7-5-3-2-4-6-7;8-6-7-4-2-1-3-5-7;1-2/h7-8H,2-6H2,1H3;1-5,8H,6H2;1-2H. The van der Waals surface area contributed by atoms with E-state index in [-0.39, 0.29) is 6.61 Å². The van der Waals surface area contributed by atoms with Gasteiger partial charge in [-0.1, -0.05) is 49.6 Å². The van der Waals surface area contributed by atoms with E-state index < -0.39 is 0 Å². The van der Waals surface area contributed by atoms with Gasteiger partial charge in [-0.3, -0.25) is 0 Å². The van der Waals surface area contributed by atoms with Crippen molar-refractivity contribution < 1.29 is 5.11 Å². The van der Waals surface area contributed by atoms with E-state index in [1.54, 1.807) is 0 Å². The number of hydrogen-bond acceptors (Lipinski definition) is 2. The SMILES string of the molecule is C#C.CNC1CCCCC1.OCc1ccccc1. The summed E-state index contributed by atoms with van der Waals surface area (Å²) in [6.07, 6.45) is 15.1. The lowest BCUT2D eigenvalue weighted by Gasteiger charge is -2.20. The van der Waals surface area contributed by atoms with Crippen molar-refractivity contribution in [2.75, 3.05) is 7.05 Å². The Bertz CT molecular complexity index is 288. The Morgan fingerprint density at radius 3 is 2.00 bits per heavy atom. The van der Waals surface area contributed by atoms with Crippen LogP contribution in [0.2, 0.25) is 0 Å². The topological polar surface area (TPSA) is 32.3 Å². The molecule has 1 fully saturated rings. The average molecular weight is 247 g/mol. The van der Waals surface area contributed by atoms with E-state index in [0.29, 0.717) is 0 Å². The molecule has 0 heterocycles. The molecule has 0 amide bonds. The fourth-order valence-electron chi connectivity index (χ4n) is 1.97. The summed E-state index contributed by atoms with van der Waals surface area (Å²) in [5.41, 5.74) is 0.965. The van der Waals surface area contributed by atoms with Crippen LogP contribution in [-0.4, -0.2) is 18.2 Å². The van der Waals surface area contributed by atoms with E-state index in [4.69, 9.17) is 5.11 Å². The zero-order chi connectivity index (χ0) is 13.6. The van der Waals surface area contributed by atoms with Crippen LogP contribution in [0.15, 0.2) is 30.3 Å². The third-order valence-corrected chi connectivity index (χ3v) is 3.04. The molecule has 2 heteroatoms. The molecule has 1 aromatic carbocycles. The van der Waals surface area contributed by atoms with Gasteiger partial charge < -0.3 is 10.4 Å². The van der Waals surface area contributed by atoms with Gasteiger partial charge in [0.15, 0.2) is 0 Å². The first-order valence-electron chi connectivity index (χ1n) is 6.52. The van der Waals surface area contributed by atoms with Crippen LogP contribution in [0.1, 0.15) is 37.7 Å². The van der Waals surface area contributed by atoms with Gasteiger partial charge in [0.1, 0.15) is 0 Å². The van der Waals surface area contributed by atoms with Crippen molar-refractivity contribution in [2.45, 2.75) is 44.8 Å². The van der Waals surface area contributed by atoms with Gasteiger partial charge in [-0.15, -0.1) is 12.8 Å². The lowest BCUT2D eigenvalue weighted by Crippen LogP contribution is -2.26. The lowest BCUT2D eigenvalue weighted by molar-refractivity contribution is 0.282. The normalized spacial score (nSPS) is 14.7. The molecule has 0 aromatic heterocycles. The minimum absolute atomic E-state index is 0.140. The Hall–Kier alpha value is -1.30. The number of nitrogens with one attached hydrogen (secondary N) is 1. The number of aliphatic hydroxyl groups excluding tert-OH is 1. The maximum atomic E-state index is 8.54. The van der Waals surface area contributed by atoms with Crippen LogP contribution in [-0.2, 0) is 6.61 Å². The molecular weight excluding hydrogens is 222 g/mol. The maximum Gasteiger partial charge on any atom is 0.0681 e. The fraction of sp³-hybridized carbons (Fsp3) is 0.500.